The monoisotopic (exact) mass is 473 g/mol. The Morgan fingerprint density at radius 1 is 1.20 bits per heavy atom. The molecule has 152 valence electrons. The Balaban J connectivity index is 1.48. The molecule has 1 aliphatic heterocycles. The van der Waals surface area contributed by atoms with E-state index in [9.17, 15) is 4.79 Å². The van der Waals surface area contributed by atoms with Crippen molar-refractivity contribution in [3.05, 3.63) is 81.9 Å². The maximum absolute atomic E-state index is 12.9. The summed E-state index contributed by atoms with van der Waals surface area (Å²) in [7, 11) is 1.54. The van der Waals surface area contributed by atoms with Crippen molar-refractivity contribution < 1.29 is 13.9 Å². The highest BCUT2D eigenvalue weighted by atomic mass is 35.5. The third kappa shape index (κ3) is 4.59. The molecular weight excluding hydrogens is 458 g/mol. The van der Waals surface area contributed by atoms with E-state index in [0.717, 1.165) is 10.8 Å². The number of halogens is 1. The molecule has 1 aliphatic rings. The van der Waals surface area contributed by atoms with Crippen LogP contribution in [0.25, 0.3) is 6.08 Å². The topological polar surface area (TPSA) is 42.7 Å². The molecule has 2 heterocycles. The van der Waals surface area contributed by atoms with Gasteiger partial charge in [-0.3, -0.25) is 9.69 Å². The quantitative estimate of drug-likeness (QED) is 0.227. The smallest absolute Gasteiger partial charge is 0.270 e. The van der Waals surface area contributed by atoms with E-state index in [2.05, 4.69) is 12.1 Å². The van der Waals surface area contributed by atoms with Gasteiger partial charge < -0.3 is 9.15 Å². The molecule has 1 amide bonds. The molecule has 8 heteroatoms. The van der Waals surface area contributed by atoms with E-state index in [1.807, 2.05) is 30.3 Å². The number of methoxy groups -OCH3 is 1. The maximum atomic E-state index is 12.9. The van der Waals surface area contributed by atoms with Crippen LogP contribution in [0.3, 0.4) is 0 Å². The number of benzene rings is 2. The Kier molecular flexibility index (Phi) is 6.53. The highest BCUT2D eigenvalue weighted by Crippen LogP contribution is 2.39. The van der Waals surface area contributed by atoms with Crippen molar-refractivity contribution in [3.8, 4) is 5.75 Å². The zero-order valence-corrected chi connectivity index (χ0v) is 19.0. The van der Waals surface area contributed by atoms with Crippen LogP contribution < -0.4 is 9.64 Å². The van der Waals surface area contributed by atoms with Crippen LogP contribution in [0.5, 0.6) is 5.75 Å². The molecule has 4 nitrogen and oxygen atoms in total. The van der Waals surface area contributed by atoms with Crippen LogP contribution in [0.2, 0.25) is 5.02 Å². The molecule has 0 unspecified atom stereocenters. The van der Waals surface area contributed by atoms with E-state index < -0.39 is 0 Å². The summed E-state index contributed by atoms with van der Waals surface area (Å²) < 4.78 is 11.5. The summed E-state index contributed by atoms with van der Waals surface area (Å²) in [4.78, 5) is 14.9. The zero-order chi connectivity index (χ0) is 21.1. The van der Waals surface area contributed by atoms with E-state index in [0.29, 0.717) is 31.4 Å². The van der Waals surface area contributed by atoms with Crippen LogP contribution >= 0.6 is 47.3 Å². The molecule has 0 saturated carbocycles. The molecule has 3 aromatic rings. The second kappa shape index (κ2) is 9.31. The predicted octanol–water partition coefficient (Wildman–Crippen LogP) is 6.64. The summed E-state index contributed by atoms with van der Waals surface area (Å²) in [6.07, 6.45) is 1.72. The standard InChI is InChI=1S/C22H16ClNO3S3/c1-26-18-9-7-15(11-17(18)23)24-21(25)19(30-22(24)28)12-16-8-10-20(27-16)29-13-14-5-3-2-4-6-14/h2-12H,13H2,1H3/b19-12-. The first-order valence-electron chi connectivity index (χ1n) is 8.93. The fraction of sp³-hybridized carbons (Fsp3) is 0.0909. The van der Waals surface area contributed by atoms with Gasteiger partial charge in [-0.1, -0.05) is 77.7 Å². The Hall–Kier alpha value is -2.19. The maximum Gasteiger partial charge on any atom is 0.270 e. The third-order valence-electron chi connectivity index (χ3n) is 4.29. The van der Waals surface area contributed by atoms with Gasteiger partial charge in [-0.25, -0.2) is 0 Å². The average Bonchev–Trinajstić information content (AvgIpc) is 3.31. The van der Waals surface area contributed by atoms with E-state index in [-0.39, 0.29) is 5.91 Å². The summed E-state index contributed by atoms with van der Waals surface area (Å²) in [5, 5.41) is 1.21. The van der Waals surface area contributed by atoms with Crippen molar-refractivity contribution in [3.63, 3.8) is 0 Å². The number of carbonyl (C=O) groups is 1. The van der Waals surface area contributed by atoms with E-state index in [1.165, 1.54) is 22.2 Å². The lowest BCUT2D eigenvalue weighted by Gasteiger charge is -2.15. The molecule has 2 aromatic carbocycles. The molecule has 0 spiro atoms. The SMILES string of the molecule is COc1ccc(N2C(=O)/C(=C/c3ccc(SCc4ccccc4)o3)SC2=S)cc1Cl. The number of furan rings is 1. The van der Waals surface area contributed by atoms with Crippen molar-refractivity contribution in [2.75, 3.05) is 12.0 Å². The van der Waals surface area contributed by atoms with Crippen molar-refractivity contribution in [2.24, 2.45) is 0 Å². The molecule has 0 atom stereocenters. The molecule has 0 radical (unpaired) electrons. The van der Waals surface area contributed by atoms with Crippen LogP contribution in [0.15, 0.2) is 75.1 Å². The lowest BCUT2D eigenvalue weighted by molar-refractivity contribution is -0.113. The van der Waals surface area contributed by atoms with Gasteiger partial charge in [-0.2, -0.15) is 0 Å². The highest BCUT2D eigenvalue weighted by molar-refractivity contribution is 8.27. The number of hydrogen-bond donors (Lipinski definition) is 0. The summed E-state index contributed by atoms with van der Waals surface area (Å²) in [5.74, 6) is 1.76. The molecular formula is C22H16ClNO3S3. The molecule has 1 saturated heterocycles. The van der Waals surface area contributed by atoms with Crippen LogP contribution in [-0.2, 0) is 10.5 Å². The second-order valence-corrected chi connectivity index (χ2v) is 9.33. The summed E-state index contributed by atoms with van der Waals surface area (Å²) in [6, 6.07) is 19.1. The van der Waals surface area contributed by atoms with Gasteiger partial charge in [0, 0.05) is 11.8 Å². The van der Waals surface area contributed by atoms with Crippen LogP contribution in [0.1, 0.15) is 11.3 Å². The number of carbonyl (C=O) groups excluding carboxylic acids is 1. The fourth-order valence-corrected chi connectivity index (χ4v) is 5.18. The Bertz CT molecular complexity index is 1130. The number of nitrogens with zero attached hydrogens (tertiary/aromatic N) is 1. The van der Waals surface area contributed by atoms with E-state index in [4.69, 9.17) is 33.0 Å². The Morgan fingerprint density at radius 3 is 2.73 bits per heavy atom. The Labute approximate surface area is 193 Å². The first-order chi connectivity index (χ1) is 14.5. The number of rotatable bonds is 6. The number of thiocarbonyl (C=S) groups is 1. The molecule has 30 heavy (non-hydrogen) atoms. The van der Waals surface area contributed by atoms with E-state index >= 15 is 0 Å². The lowest BCUT2D eigenvalue weighted by atomic mass is 10.2. The van der Waals surface area contributed by atoms with Gasteiger partial charge in [0.1, 0.15) is 11.5 Å². The van der Waals surface area contributed by atoms with Gasteiger partial charge in [-0.15, -0.1) is 0 Å². The molecule has 1 aromatic heterocycles. The number of amides is 1. The number of ether oxygens (including phenoxy) is 1. The van der Waals surface area contributed by atoms with Crippen LogP contribution in [-0.4, -0.2) is 17.3 Å². The first-order valence-corrected chi connectivity index (χ1v) is 11.5. The van der Waals surface area contributed by atoms with E-state index in [1.54, 1.807) is 43.1 Å². The number of hydrogen-bond acceptors (Lipinski definition) is 6. The van der Waals surface area contributed by atoms with Gasteiger partial charge >= 0.3 is 0 Å². The molecule has 0 aliphatic carbocycles. The molecule has 1 fully saturated rings. The van der Waals surface area contributed by atoms with Gasteiger partial charge in [0.2, 0.25) is 0 Å². The normalized spacial score (nSPS) is 15.3. The fourth-order valence-electron chi connectivity index (χ4n) is 2.83. The lowest BCUT2D eigenvalue weighted by Crippen LogP contribution is -2.27. The third-order valence-corrected chi connectivity index (χ3v) is 6.87. The Morgan fingerprint density at radius 2 is 2.00 bits per heavy atom. The second-order valence-electron chi connectivity index (χ2n) is 6.27. The van der Waals surface area contributed by atoms with Crippen LogP contribution in [0, 0.1) is 0 Å². The van der Waals surface area contributed by atoms with Crippen molar-refractivity contribution in [1.82, 2.24) is 0 Å². The minimum Gasteiger partial charge on any atom is -0.495 e. The largest absolute Gasteiger partial charge is 0.495 e. The highest BCUT2D eigenvalue weighted by Gasteiger charge is 2.34. The van der Waals surface area contributed by atoms with Gasteiger partial charge in [0.25, 0.3) is 5.91 Å². The summed E-state index contributed by atoms with van der Waals surface area (Å²) in [5.41, 5.74) is 1.82. The molecule has 0 bridgehead atoms. The van der Waals surface area contributed by atoms with Gasteiger partial charge in [0.15, 0.2) is 9.41 Å². The van der Waals surface area contributed by atoms with Gasteiger partial charge in [-0.05, 0) is 35.9 Å². The first kappa shape index (κ1) is 21.1. The summed E-state index contributed by atoms with van der Waals surface area (Å²) >= 11 is 14.5. The number of thioether (sulfide) groups is 2. The van der Waals surface area contributed by atoms with Gasteiger partial charge in [0.05, 0.1) is 22.7 Å². The zero-order valence-electron chi connectivity index (χ0n) is 15.8. The van der Waals surface area contributed by atoms with Crippen molar-refractivity contribution in [2.45, 2.75) is 10.8 Å². The predicted molar refractivity (Wildman–Crippen MR) is 128 cm³/mol. The minimum absolute atomic E-state index is 0.207. The molecule has 0 N–H and O–H groups in total. The average molecular weight is 474 g/mol. The van der Waals surface area contributed by atoms with Crippen LogP contribution in [0.4, 0.5) is 5.69 Å². The minimum atomic E-state index is -0.207. The van der Waals surface area contributed by atoms with Crippen molar-refractivity contribution >= 4 is 69.3 Å². The number of anilines is 1. The molecule has 4 rings (SSSR count). The van der Waals surface area contributed by atoms with Crippen molar-refractivity contribution in [1.29, 1.82) is 0 Å². The summed E-state index contributed by atoms with van der Waals surface area (Å²) in [6.45, 7) is 0.